The molecule has 0 aliphatic heterocycles. The molecule has 0 aliphatic rings. The fraction of sp³-hybridized carbons (Fsp3) is 0.692. The third-order valence-electron chi connectivity index (χ3n) is 2.82. The van der Waals surface area contributed by atoms with Gasteiger partial charge >= 0.3 is 5.97 Å². The maximum atomic E-state index is 11.2. The van der Waals surface area contributed by atoms with E-state index in [0.717, 1.165) is 24.2 Å². The van der Waals surface area contributed by atoms with Gasteiger partial charge < -0.3 is 10.4 Å². The summed E-state index contributed by atoms with van der Waals surface area (Å²) in [5, 5.41) is 20.1. The Morgan fingerprint density at radius 3 is 2.32 bits per heavy atom. The molecule has 0 saturated heterocycles. The van der Waals surface area contributed by atoms with Gasteiger partial charge in [0.15, 0.2) is 0 Å². The third kappa shape index (κ3) is 4.46. The Labute approximate surface area is 113 Å². The van der Waals surface area contributed by atoms with Crippen molar-refractivity contribution in [1.29, 1.82) is 0 Å². The highest BCUT2D eigenvalue weighted by atomic mass is 16.4. The van der Waals surface area contributed by atoms with Gasteiger partial charge in [-0.25, -0.2) is 9.78 Å². The van der Waals surface area contributed by atoms with Crippen molar-refractivity contribution in [3.05, 3.63) is 11.4 Å². The average molecular weight is 266 g/mol. The van der Waals surface area contributed by atoms with Gasteiger partial charge in [-0.15, -0.1) is 5.10 Å². The summed E-state index contributed by atoms with van der Waals surface area (Å²) in [4.78, 5) is 15.5. The van der Waals surface area contributed by atoms with Gasteiger partial charge in [0.2, 0.25) is 5.95 Å². The Kier molecular flexibility index (Phi) is 5.66. The van der Waals surface area contributed by atoms with Gasteiger partial charge in [-0.3, -0.25) is 0 Å². The molecule has 0 bridgehead atoms. The lowest BCUT2D eigenvalue weighted by molar-refractivity contribution is -0.138. The molecule has 6 heteroatoms. The molecule has 0 aliphatic carbocycles. The van der Waals surface area contributed by atoms with E-state index in [0.29, 0.717) is 12.4 Å². The molecule has 6 nitrogen and oxygen atoms in total. The standard InChI is InChI=1S/C13H22N4O2/c1-5-9-10(6-2)16-17-13(14-9)15-11(12(18)19)7-8(3)4/h8,11H,5-7H2,1-4H3,(H,18,19)(H,14,15,17)/t11-/m1/s1. The summed E-state index contributed by atoms with van der Waals surface area (Å²) < 4.78 is 0. The van der Waals surface area contributed by atoms with E-state index in [1.165, 1.54) is 0 Å². The first-order valence-electron chi connectivity index (χ1n) is 6.69. The van der Waals surface area contributed by atoms with Crippen molar-refractivity contribution in [1.82, 2.24) is 15.2 Å². The highest BCUT2D eigenvalue weighted by molar-refractivity contribution is 5.76. The number of carboxylic acid groups (broad SMARTS) is 1. The van der Waals surface area contributed by atoms with E-state index < -0.39 is 12.0 Å². The zero-order valence-electron chi connectivity index (χ0n) is 12.0. The first-order valence-corrected chi connectivity index (χ1v) is 6.69. The molecule has 0 saturated carbocycles. The number of carboxylic acids is 1. The molecule has 0 radical (unpaired) electrons. The lowest BCUT2D eigenvalue weighted by Gasteiger charge is -2.16. The van der Waals surface area contributed by atoms with Gasteiger partial charge in [-0.1, -0.05) is 27.7 Å². The minimum Gasteiger partial charge on any atom is -0.480 e. The number of anilines is 1. The van der Waals surface area contributed by atoms with Crippen LogP contribution in [-0.2, 0) is 17.6 Å². The molecule has 0 fully saturated rings. The molecule has 1 heterocycles. The summed E-state index contributed by atoms with van der Waals surface area (Å²) in [5.74, 6) is -0.320. The summed E-state index contributed by atoms with van der Waals surface area (Å²) in [5.41, 5.74) is 1.73. The first kappa shape index (κ1) is 15.3. The number of nitrogens with zero attached hydrogens (tertiary/aromatic N) is 3. The van der Waals surface area contributed by atoms with E-state index in [1.54, 1.807) is 0 Å². The fourth-order valence-corrected chi connectivity index (χ4v) is 1.85. The van der Waals surface area contributed by atoms with Gasteiger partial charge in [0.1, 0.15) is 6.04 Å². The Hall–Kier alpha value is -1.72. The molecule has 2 N–H and O–H groups in total. The lowest BCUT2D eigenvalue weighted by atomic mass is 10.0. The van der Waals surface area contributed by atoms with Gasteiger partial charge in [-0.05, 0) is 25.2 Å². The smallest absolute Gasteiger partial charge is 0.326 e. The second-order valence-corrected chi connectivity index (χ2v) is 4.90. The second-order valence-electron chi connectivity index (χ2n) is 4.90. The van der Waals surface area contributed by atoms with Crippen LogP contribution in [0.5, 0.6) is 0 Å². The van der Waals surface area contributed by atoms with E-state index in [1.807, 2.05) is 27.7 Å². The largest absolute Gasteiger partial charge is 0.480 e. The Morgan fingerprint density at radius 2 is 1.84 bits per heavy atom. The SMILES string of the molecule is CCc1nnc(N[C@H](CC(C)C)C(=O)O)nc1CC. The van der Waals surface area contributed by atoms with Crippen molar-refractivity contribution in [2.24, 2.45) is 5.92 Å². The predicted octanol–water partition coefficient (Wildman–Crippen LogP) is 1.91. The first-order chi connectivity index (χ1) is 8.97. The van der Waals surface area contributed by atoms with E-state index in [4.69, 9.17) is 0 Å². The van der Waals surface area contributed by atoms with Crippen LogP contribution in [0.1, 0.15) is 45.5 Å². The molecular formula is C13H22N4O2. The molecule has 1 atom stereocenters. The molecular weight excluding hydrogens is 244 g/mol. The minimum absolute atomic E-state index is 0.280. The van der Waals surface area contributed by atoms with E-state index in [2.05, 4.69) is 20.5 Å². The number of aliphatic carboxylic acids is 1. The molecule has 19 heavy (non-hydrogen) atoms. The average Bonchev–Trinajstić information content (AvgIpc) is 2.37. The van der Waals surface area contributed by atoms with Crippen LogP contribution in [0.15, 0.2) is 0 Å². The number of hydrogen-bond acceptors (Lipinski definition) is 5. The third-order valence-corrected chi connectivity index (χ3v) is 2.82. The number of aromatic nitrogens is 3. The highest BCUT2D eigenvalue weighted by Crippen LogP contribution is 2.11. The second kappa shape index (κ2) is 7.01. The van der Waals surface area contributed by atoms with Gasteiger partial charge in [0.25, 0.3) is 0 Å². The summed E-state index contributed by atoms with van der Waals surface area (Å²) in [7, 11) is 0. The molecule has 1 rings (SSSR count). The number of carbonyl (C=O) groups is 1. The van der Waals surface area contributed by atoms with Crippen molar-refractivity contribution in [3.63, 3.8) is 0 Å². The van der Waals surface area contributed by atoms with Crippen LogP contribution in [0.4, 0.5) is 5.95 Å². The van der Waals surface area contributed by atoms with Crippen LogP contribution in [-0.4, -0.2) is 32.3 Å². The number of hydrogen-bond donors (Lipinski definition) is 2. The maximum absolute atomic E-state index is 11.2. The van der Waals surface area contributed by atoms with Crippen LogP contribution in [0.25, 0.3) is 0 Å². The quantitative estimate of drug-likeness (QED) is 0.783. The predicted molar refractivity (Wildman–Crippen MR) is 73.1 cm³/mol. The normalized spacial score (nSPS) is 12.5. The van der Waals surface area contributed by atoms with Crippen LogP contribution < -0.4 is 5.32 Å². The van der Waals surface area contributed by atoms with E-state index in [9.17, 15) is 9.90 Å². The number of nitrogens with one attached hydrogen (secondary N) is 1. The lowest BCUT2D eigenvalue weighted by Crippen LogP contribution is -2.32. The van der Waals surface area contributed by atoms with Crippen molar-refractivity contribution in [2.75, 3.05) is 5.32 Å². The van der Waals surface area contributed by atoms with Gasteiger partial charge in [0.05, 0.1) is 11.4 Å². The molecule has 1 aromatic heterocycles. The monoisotopic (exact) mass is 266 g/mol. The number of rotatable bonds is 7. The number of aryl methyl sites for hydroxylation is 2. The Bertz CT molecular complexity index is 435. The fourth-order valence-electron chi connectivity index (χ4n) is 1.85. The maximum Gasteiger partial charge on any atom is 0.326 e. The van der Waals surface area contributed by atoms with E-state index in [-0.39, 0.29) is 5.92 Å². The minimum atomic E-state index is -0.894. The van der Waals surface area contributed by atoms with Crippen LogP contribution in [0.3, 0.4) is 0 Å². The van der Waals surface area contributed by atoms with Crippen LogP contribution in [0, 0.1) is 5.92 Å². The molecule has 0 spiro atoms. The van der Waals surface area contributed by atoms with E-state index >= 15 is 0 Å². The summed E-state index contributed by atoms with van der Waals surface area (Å²) in [6.45, 7) is 7.95. The molecule has 0 aromatic carbocycles. The van der Waals surface area contributed by atoms with Crippen LogP contribution >= 0.6 is 0 Å². The molecule has 106 valence electrons. The summed E-state index contributed by atoms with van der Waals surface area (Å²) >= 11 is 0. The van der Waals surface area contributed by atoms with Gasteiger partial charge in [0, 0.05) is 0 Å². The van der Waals surface area contributed by atoms with Crippen molar-refractivity contribution >= 4 is 11.9 Å². The van der Waals surface area contributed by atoms with Gasteiger partial charge in [-0.2, -0.15) is 5.10 Å². The Morgan fingerprint density at radius 1 is 1.21 bits per heavy atom. The highest BCUT2D eigenvalue weighted by Gasteiger charge is 2.20. The zero-order chi connectivity index (χ0) is 14.4. The molecule has 0 unspecified atom stereocenters. The van der Waals surface area contributed by atoms with Crippen LogP contribution in [0.2, 0.25) is 0 Å². The van der Waals surface area contributed by atoms with Crippen molar-refractivity contribution in [2.45, 2.75) is 53.0 Å². The summed E-state index contributed by atoms with van der Waals surface area (Å²) in [6, 6.07) is -0.681. The van der Waals surface area contributed by atoms with Crippen molar-refractivity contribution < 1.29 is 9.90 Å². The molecule has 0 amide bonds. The summed E-state index contributed by atoms with van der Waals surface area (Å²) in [6.07, 6.45) is 2.06. The van der Waals surface area contributed by atoms with Crippen molar-refractivity contribution in [3.8, 4) is 0 Å². The Balaban J connectivity index is 2.87. The zero-order valence-corrected chi connectivity index (χ0v) is 12.0. The molecule has 1 aromatic rings. The topological polar surface area (TPSA) is 88.0 Å².